The fourth-order valence-electron chi connectivity index (χ4n) is 4.22. The number of carbonyl (C=O) groups excluding carboxylic acids is 3. The van der Waals surface area contributed by atoms with E-state index in [0.29, 0.717) is 20.6 Å². The van der Waals surface area contributed by atoms with Crippen molar-refractivity contribution in [2.75, 3.05) is 13.7 Å². The molecule has 1 saturated carbocycles. The van der Waals surface area contributed by atoms with Gasteiger partial charge in [-0.2, -0.15) is 10.1 Å². The van der Waals surface area contributed by atoms with Crippen molar-refractivity contribution in [3.63, 3.8) is 0 Å². The summed E-state index contributed by atoms with van der Waals surface area (Å²) < 4.78 is 11.4. The molecule has 0 radical (unpaired) electrons. The fraction of sp³-hybridized carbons (Fsp3) is 0.368. The Morgan fingerprint density at radius 2 is 1.93 bits per heavy atom. The van der Waals surface area contributed by atoms with Crippen LogP contribution in [0.15, 0.2) is 29.4 Å². The number of methoxy groups -OCH3 is 1. The van der Waals surface area contributed by atoms with Gasteiger partial charge in [0.1, 0.15) is 0 Å². The topological polar surface area (TPSA) is 111 Å². The van der Waals surface area contributed by atoms with Gasteiger partial charge in [0, 0.05) is 0 Å². The van der Waals surface area contributed by atoms with Gasteiger partial charge >= 0.3 is 0 Å². The summed E-state index contributed by atoms with van der Waals surface area (Å²) >= 11 is 2.04. The first kappa shape index (κ1) is 18.9. The Morgan fingerprint density at radius 3 is 2.50 bits per heavy atom. The summed E-state index contributed by atoms with van der Waals surface area (Å²) in [6, 6.07) is 3.40. The number of ether oxygens (including phenoxy) is 2. The number of rotatable bonds is 6. The molecule has 2 aliphatic carbocycles. The maximum Gasteiger partial charge on any atom is 0.255 e. The van der Waals surface area contributed by atoms with Crippen LogP contribution in [0.4, 0.5) is 0 Å². The number of halogens is 1. The molecule has 1 aliphatic heterocycles. The molecule has 3 aliphatic rings. The third kappa shape index (κ3) is 3.07. The molecule has 2 fully saturated rings. The summed E-state index contributed by atoms with van der Waals surface area (Å²) in [5.41, 5.74) is 5.75. The summed E-state index contributed by atoms with van der Waals surface area (Å²) in [7, 11) is 1.47. The van der Waals surface area contributed by atoms with Gasteiger partial charge in [-0.25, -0.2) is 0 Å². The normalized spacial score (nSPS) is 27.7. The zero-order chi connectivity index (χ0) is 20.0. The number of allylic oxidation sites excluding steroid dienone is 2. The number of hydrazone groups is 1. The second kappa shape index (κ2) is 7.19. The molecule has 1 heterocycles. The van der Waals surface area contributed by atoms with Crippen molar-refractivity contribution in [1.29, 1.82) is 0 Å². The maximum atomic E-state index is 12.7. The molecule has 0 unspecified atom stereocenters. The number of nitrogens with zero attached hydrogens (tertiary/aromatic N) is 2. The number of carbonyl (C=O) groups is 3. The maximum absolute atomic E-state index is 12.7. The molecule has 1 saturated heterocycles. The van der Waals surface area contributed by atoms with Crippen molar-refractivity contribution in [3.05, 3.63) is 33.4 Å². The molecule has 2 N–H and O–H groups in total. The van der Waals surface area contributed by atoms with Crippen LogP contribution in [0.1, 0.15) is 12.0 Å². The van der Waals surface area contributed by atoms with Crippen LogP contribution in [0.2, 0.25) is 0 Å². The summed E-state index contributed by atoms with van der Waals surface area (Å²) in [4.78, 5) is 36.3. The van der Waals surface area contributed by atoms with Crippen molar-refractivity contribution >= 4 is 46.5 Å². The molecule has 4 atom stereocenters. The van der Waals surface area contributed by atoms with Crippen LogP contribution in [0, 0.1) is 27.2 Å². The Bertz CT molecular complexity index is 898. The van der Waals surface area contributed by atoms with E-state index in [4.69, 9.17) is 15.2 Å². The molecule has 28 heavy (non-hydrogen) atoms. The summed E-state index contributed by atoms with van der Waals surface area (Å²) in [6.07, 6.45) is 6.42. The number of imide groups is 1. The van der Waals surface area contributed by atoms with Crippen LogP contribution in [0.25, 0.3) is 0 Å². The van der Waals surface area contributed by atoms with E-state index in [0.717, 1.165) is 11.4 Å². The highest BCUT2D eigenvalue weighted by molar-refractivity contribution is 14.1. The quantitative estimate of drug-likeness (QED) is 0.277. The third-order valence-electron chi connectivity index (χ3n) is 5.38. The van der Waals surface area contributed by atoms with Gasteiger partial charge in [0.15, 0.2) is 18.1 Å². The molecule has 8 nitrogen and oxygen atoms in total. The van der Waals surface area contributed by atoms with E-state index < -0.39 is 5.91 Å². The Hall–Kier alpha value is -2.43. The molecule has 0 spiro atoms. The van der Waals surface area contributed by atoms with E-state index in [9.17, 15) is 14.4 Å². The van der Waals surface area contributed by atoms with Crippen LogP contribution in [0.5, 0.6) is 11.5 Å². The first-order valence-electron chi connectivity index (χ1n) is 8.79. The standard InChI is InChI=1S/C19H18IN3O5/c1-27-13-5-9(4-12(20)17(13)28-8-14(21)24)7-22-23-18(25)15-10-2-3-11(6-10)16(15)19(23)26/h2-5,7,10-11,15-16H,6,8H2,1H3,(H2,21,24)/t10-,11-,15-,16+/m0/s1. The molecule has 3 amide bonds. The van der Waals surface area contributed by atoms with E-state index in [1.165, 1.54) is 13.3 Å². The van der Waals surface area contributed by atoms with Gasteiger partial charge in [-0.05, 0) is 58.5 Å². The smallest absolute Gasteiger partial charge is 0.255 e. The monoisotopic (exact) mass is 495 g/mol. The molecular weight excluding hydrogens is 477 g/mol. The van der Waals surface area contributed by atoms with E-state index in [-0.39, 0.29) is 42.1 Å². The van der Waals surface area contributed by atoms with Crippen LogP contribution >= 0.6 is 22.6 Å². The second-order valence-electron chi connectivity index (χ2n) is 7.02. The first-order valence-corrected chi connectivity index (χ1v) is 9.87. The minimum Gasteiger partial charge on any atom is -0.493 e. The van der Waals surface area contributed by atoms with E-state index in [1.807, 2.05) is 34.7 Å². The Labute approximate surface area is 174 Å². The van der Waals surface area contributed by atoms with Crippen LogP contribution in [0.3, 0.4) is 0 Å². The van der Waals surface area contributed by atoms with Crippen LogP contribution in [-0.4, -0.2) is 42.7 Å². The number of fused-ring (bicyclic) bond motifs is 5. The minimum atomic E-state index is -0.594. The summed E-state index contributed by atoms with van der Waals surface area (Å²) in [5, 5.41) is 5.16. The van der Waals surface area contributed by atoms with E-state index in [2.05, 4.69) is 5.10 Å². The Morgan fingerprint density at radius 1 is 1.29 bits per heavy atom. The van der Waals surface area contributed by atoms with Gasteiger partial charge in [-0.15, -0.1) is 0 Å². The van der Waals surface area contributed by atoms with Crippen molar-refractivity contribution in [1.82, 2.24) is 5.01 Å². The van der Waals surface area contributed by atoms with Gasteiger partial charge in [0.2, 0.25) is 0 Å². The fourth-order valence-corrected chi connectivity index (χ4v) is 5.00. The molecule has 0 aromatic heterocycles. The van der Waals surface area contributed by atoms with Gasteiger partial charge in [0.25, 0.3) is 17.7 Å². The molecule has 146 valence electrons. The lowest BCUT2D eigenvalue weighted by Gasteiger charge is -2.13. The molecule has 4 rings (SSSR count). The predicted octanol–water partition coefficient (Wildman–Crippen LogP) is 1.30. The second-order valence-corrected chi connectivity index (χ2v) is 8.18. The van der Waals surface area contributed by atoms with Gasteiger partial charge in [-0.3, -0.25) is 14.4 Å². The lowest BCUT2D eigenvalue weighted by atomic mass is 9.85. The van der Waals surface area contributed by atoms with Crippen LogP contribution in [-0.2, 0) is 14.4 Å². The minimum absolute atomic E-state index is 0.148. The van der Waals surface area contributed by atoms with Crippen molar-refractivity contribution in [2.45, 2.75) is 6.42 Å². The Kier molecular flexibility index (Phi) is 4.86. The van der Waals surface area contributed by atoms with Crippen molar-refractivity contribution in [2.24, 2.45) is 34.5 Å². The molecule has 9 heteroatoms. The lowest BCUT2D eigenvalue weighted by molar-refractivity contribution is -0.140. The first-order chi connectivity index (χ1) is 13.4. The number of amides is 3. The van der Waals surface area contributed by atoms with Crippen LogP contribution < -0.4 is 15.2 Å². The number of hydrogen-bond donors (Lipinski definition) is 1. The molecule has 1 aromatic carbocycles. The average Bonchev–Trinajstić information content (AvgIpc) is 3.33. The Balaban J connectivity index is 1.55. The third-order valence-corrected chi connectivity index (χ3v) is 6.18. The van der Waals surface area contributed by atoms with Gasteiger partial charge in [-0.1, -0.05) is 12.2 Å². The van der Waals surface area contributed by atoms with Gasteiger partial charge < -0.3 is 15.2 Å². The SMILES string of the molecule is COc1cc(C=NN2C(=O)[C@@H]3[C@H](C2=O)[C@H]2C=C[C@H]3C2)cc(I)c1OCC(N)=O. The highest BCUT2D eigenvalue weighted by Gasteiger charge is 2.59. The molecular formula is C19H18IN3O5. The zero-order valence-corrected chi connectivity index (χ0v) is 17.2. The van der Waals surface area contributed by atoms with E-state index >= 15 is 0 Å². The highest BCUT2D eigenvalue weighted by atomic mass is 127. The largest absolute Gasteiger partial charge is 0.493 e. The molecule has 2 bridgehead atoms. The zero-order valence-electron chi connectivity index (χ0n) is 15.0. The van der Waals surface area contributed by atoms with E-state index in [1.54, 1.807) is 12.1 Å². The average molecular weight is 495 g/mol. The number of nitrogens with two attached hydrogens (primary N) is 1. The number of primary amides is 1. The van der Waals surface area contributed by atoms with Crippen molar-refractivity contribution < 1.29 is 23.9 Å². The number of hydrogen-bond acceptors (Lipinski definition) is 6. The summed E-state index contributed by atoms with van der Waals surface area (Å²) in [6.45, 7) is -0.268. The lowest BCUT2D eigenvalue weighted by Crippen LogP contribution is -2.28. The molecule has 1 aromatic rings. The number of benzene rings is 1. The van der Waals surface area contributed by atoms with Gasteiger partial charge in [0.05, 0.1) is 28.7 Å². The highest BCUT2D eigenvalue weighted by Crippen LogP contribution is 2.52. The summed E-state index contributed by atoms with van der Waals surface area (Å²) in [5.74, 6) is -0.528. The predicted molar refractivity (Wildman–Crippen MR) is 108 cm³/mol. The van der Waals surface area contributed by atoms with Crippen molar-refractivity contribution in [3.8, 4) is 11.5 Å².